The first-order valence-corrected chi connectivity index (χ1v) is 7.90. The third-order valence-electron chi connectivity index (χ3n) is 6.08. The molecule has 2 heteroatoms. The van der Waals surface area contributed by atoms with Gasteiger partial charge in [-0.05, 0) is 55.4 Å². The maximum atomic E-state index is 6.44. The van der Waals surface area contributed by atoms with E-state index in [0.29, 0.717) is 16.9 Å². The van der Waals surface area contributed by atoms with Crippen LogP contribution in [0.2, 0.25) is 0 Å². The quantitative estimate of drug-likeness (QED) is 0.832. The molecule has 2 fully saturated rings. The van der Waals surface area contributed by atoms with E-state index in [9.17, 15) is 0 Å². The van der Waals surface area contributed by atoms with Gasteiger partial charge in [0.15, 0.2) is 0 Å². The fraction of sp³-hybridized carbons (Fsp3) is 1.00. The highest BCUT2D eigenvalue weighted by atomic mass is 15.2. The lowest BCUT2D eigenvalue weighted by atomic mass is 9.82. The fourth-order valence-electron chi connectivity index (χ4n) is 4.09. The molecule has 0 radical (unpaired) electrons. The minimum absolute atomic E-state index is 0.358. The Morgan fingerprint density at radius 3 is 2.28 bits per heavy atom. The normalized spacial score (nSPS) is 35.2. The van der Waals surface area contributed by atoms with Gasteiger partial charge in [-0.1, -0.05) is 27.7 Å². The Morgan fingerprint density at radius 1 is 1.17 bits per heavy atom. The molecule has 1 aliphatic heterocycles. The van der Waals surface area contributed by atoms with E-state index < -0.39 is 0 Å². The van der Waals surface area contributed by atoms with Crippen molar-refractivity contribution in [2.24, 2.45) is 22.5 Å². The van der Waals surface area contributed by atoms with Gasteiger partial charge in [0.25, 0.3) is 0 Å². The molecular formula is C16H32N2. The van der Waals surface area contributed by atoms with E-state index in [1.165, 1.54) is 51.7 Å². The highest BCUT2D eigenvalue weighted by molar-refractivity contribution is 4.97. The van der Waals surface area contributed by atoms with Crippen molar-refractivity contribution in [3.63, 3.8) is 0 Å². The highest BCUT2D eigenvalue weighted by Gasteiger charge is 2.42. The molecule has 2 rings (SSSR count). The molecule has 2 unspecified atom stereocenters. The SMILES string of the molecule is CCC1(CC)CCN(CC2CCC(C)(C)C2N)C1. The number of likely N-dealkylation sites (tertiary alicyclic amines) is 1. The first kappa shape index (κ1) is 14.3. The summed E-state index contributed by atoms with van der Waals surface area (Å²) in [6.45, 7) is 13.2. The first-order valence-electron chi connectivity index (χ1n) is 7.90. The van der Waals surface area contributed by atoms with Crippen molar-refractivity contribution < 1.29 is 0 Å². The van der Waals surface area contributed by atoms with Crippen molar-refractivity contribution >= 4 is 0 Å². The van der Waals surface area contributed by atoms with Gasteiger partial charge in [-0.2, -0.15) is 0 Å². The van der Waals surface area contributed by atoms with E-state index in [4.69, 9.17) is 5.73 Å². The molecular weight excluding hydrogens is 220 g/mol. The van der Waals surface area contributed by atoms with Crippen molar-refractivity contribution in [3.05, 3.63) is 0 Å². The summed E-state index contributed by atoms with van der Waals surface area (Å²) in [6.07, 6.45) is 6.70. The van der Waals surface area contributed by atoms with Crippen molar-refractivity contribution in [3.8, 4) is 0 Å². The Bertz CT molecular complexity index is 281. The number of hydrogen-bond acceptors (Lipinski definition) is 2. The van der Waals surface area contributed by atoms with Gasteiger partial charge >= 0.3 is 0 Å². The van der Waals surface area contributed by atoms with Gasteiger partial charge in [-0.3, -0.25) is 0 Å². The summed E-state index contributed by atoms with van der Waals surface area (Å²) in [7, 11) is 0. The summed E-state index contributed by atoms with van der Waals surface area (Å²) in [4.78, 5) is 2.69. The average molecular weight is 252 g/mol. The Kier molecular flexibility index (Phi) is 4.08. The fourth-order valence-corrected chi connectivity index (χ4v) is 4.09. The predicted octanol–water partition coefficient (Wildman–Crippen LogP) is 3.26. The van der Waals surface area contributed by atoms with Gasteiger partial charge in [0.05, 0.1) is 0 Å². The Labute approximate surface area is 113 Å². The summed E-state index contributed by atoms with van der Waals surface area (Å²) in [5.74, 6) is 0.726. The number of rotatable bonds is 4. The van der Waals surface area contributed by atoms with Gasteiger partial charge < -0.3 is 10.6 Å². The van der Waals surface area contributed by atoms with E-state index >= 15 is 0 Å². The molecule has 2 N–H and O–H groups in total. The summed E-state index contributed by atoms with van der Waals surface area (Å²) in [6, 6.07) is 0.399. The van der Waals surface area contributed by atoms with Crippen LogP contribution in [-0.2, 0) is 0 Å². The molecule has 106 valence electrons. The van der Waals surface area contributed by atoms with E-state index in [1.807, 2.05) is 0 Å². The van der Waals surface area contributed by atoms with Gasteiger partial charge in [-0.25, -0.2) is 0 Å². The monoisotopic (exact) mass is 252 g/mol. The zero-order chi connectivity index (χ0) is 13.4. The summed E-state index contributed by atoms with van der Waals surface area (Å²) < 4.78 is 0. The zero-order valence-corrected chi connectivity index (χ0v) is 12.8. The van der Waals surface area contributed by atoms with Crippen LogP contribution in [-0.4, -0.2) is 30.6 Å². The molecule has 2 aliphatic rings. The maximum absolute atomic E-state index is 6.44. The molecule has 0 aromatic rings. The van der Waals surface area contributed by atoms with Crippen LogP contribution >= 0.6 is 0 Å². The lowest BCUT2D eigenvalue weighted by Gasteiger charge is -2.31. The molecule has 0 amide bonds. The Hall–Kier alpha value is -0.0800. The van der Waals surface area contributed by atoms with Crippen LogP contribution in [0, 0.1) is 16.7 Å². The predicted molar refractivity (Wildman–Crippen MR) is 78.6 cm³/mol. The third-order valence-corrected chi connectivity index (χ3v) is 6.08. The van der Waals surface area contributed by atoms with Crippen LogP contribution in [0.3, 0.4) is 0 Å². The smallest absolute Gasteiger partial charge is 0.0131 e. The van der Waals surface area contributed by atoms with Crippen LogP contribution in [0.1, 0.15) is 59.8 Å². The van der Waals surface area contributed by atoms with Crippen LogP contribution in [0.5, 0.6) is 0 Å². The van der Waals surface area contributed by atoms with Gasteiger partial charge in [0.1, 0.15) is 0 Å². The van der Waals surface area contributed by atoms with E-state index in [0.717, 1.165) is 5.92 Å². The van der Waals surface area contributed by atoms with Crippen LogP contribution in [0.4, 0.5) is 0 Å². The second kappa shape index (κ2) is 5.13. The number of nitrogens with two attached hydrogens (primary N) is 1. The topological polar surface area (TPSA) is 29.3 Å². The molecule has 0 spiro atoms. The summed E-state index contributed by atoms with van der Waals surface area (Å²) >= 11 is 0. The minimum atomic E-state index is 0.358. The van der Waals surface area contributed by atoms with Crippen molar-refractivity contribution in [1.82, 2.24) is 4.90 Å². The van der Waals surface area contributed by atoms with E-state index in [1.54, 1.807) is 0 Å². The van der Waals surface area contributed by atoms with Gasteiger partial charge in [-0.15, -0.1) is 0 Å². The van der Waals surface area contributed by atoms with Crippen LogP contribution < -0.4 is 5.73 Å². The molecule has 1 saturated heterocycles. The molecule has 0 aromatic carbocycles. The molecule has 1 saturated carbocycles. The minimum Gasteiger partial charge on any atom is -0.327 e. The third kappa shape index (κ3) is 2.60. The first-order chi connectivity index (χ1) is 8.42. The van der Waals surface area contributed by atoms with Crippen molar-refractivity contribution in [2.45, 2.75) is 65.8 Å². The molecule has 2 nitrogen and oxygen atoms in total. The highest BCUT2D eigenvalue weighted by Crippen LogP contribution is 2.42. The molecule has 1 heterocycles. The second-order valence-electron chi connectivity index (χ2n) is 7.51. The summed E-state index contributed by atoms with van der Waals surface area (Å²) in [5, 5.41) is 0. The van der Waals surface area contributed by atoms with Crippen molar-refractivity contribution in [1.29, 1.82) is 0 Å². The van der Waals surface area contributed by atoms with E-state index in [2.05, 4.69) is 32.6 Å². The van der Waals surface area contributed by atoms with Crippen LogP contribution in [0.15, 0.2) is 0 Å². The molecule has 0 bridgehead atoms. The number of hydrogen-bond donors (Lipinski definition) is 1. The summed E-state index contributed by atoms with van der Waals surface area (Å²) in [5.41, 5.74) is 7.41. The lowest BCUT2D eigenvalue weighted by molar-refractivity contribution is 0.201. The van der Waals surface area contributed by atoms with Crippen LogP contribution in [0.25, 0.3) is 0 Å². The largest absolute Gasteiger partial charge is 0.327 e. The second-order valence-corrected chi connectivity index (χ2v) is 7.51. The number of nitrogens with zero attached hydrogens (tertiary/aromatic N) is 1. The Morgan fingerprint density at radius 2 is 1.83 bits per heavy atom. The average Bonchev–Trinajstić information content (AvgIpc) is 2.87. The van der Waals surface area contributed by atoms with E-state index in [-0.39, 0.29) is 0 Å². The van der Waals surface area contributed by atoms with Gasteiger partial charge in [0, 0.05) is 19.1 Å². The molecule has 18 heavy (non-hydrogen) atoms. The van der Waals surface area contributed by atoms with Gasteiger partial charge in [0.2, 0.25) is 0 Å². The molecule has 0 aromatic heterocycles. The maximum Gasteiger partial charge on any atom is 0.0131 e. The zero-order valence-electron chi connectivity index (χ0n) is 12.8. The lowest BCUT2D eigenvalue weighted by Crippen LogP contribution is -2.42. The molecule has 1 aliphatic carbocycles. The molecule has 2 atom stereocenters. The van der Waals surface area contributed by atoms with Crippen molar-refractivity contribution in [2.75, 3.05) is 19.6 Å². The standard InChI is InChI=1S/C16H32N2/c1-5-16(6-2)9-10-18(12-16)11-13-7-8-15(3,4)14(13)17/h13-14H,5-12,17H2,1-4H3. The Balaban J connectivity index is 1.89.